The molecule has 1 saturated carbocycles. The van der Waals surface area contributed by atoms with E-state index in [1.807, 2.05) is 6.20 Å². The molecule has 0 aliphatic heterocycles. The highest BCUT2D eigenvalue weighted by molar-refractivity contribution is 5.26. The van der Waals surface area contributed by atoms with Crippen LogP contribution in [0.15, 0.2) is 12.3 Å². The molecule has 1 aliphatic rings. The largest absolute Gasteiger partial charge is 0.330 e. The summed E-state index contributed by atoms with van der Waals surface area (Å²) in [6, 6.07) is 2.16. The lowest BCUT2D eigenvalue weighted by atomic mass is 10.1. The smallest absolute Gasteiger partial charge is 0.0492 e. The molecule has 0 spiro atoms. The van der Waals surface area contributed by atoms with Crippen molar-refractivity contribution >= 4 is 0 Å². The van der Waals surface area contributed by atoms with Crippen LogP contribution in [0.2, 0.25) is 0 Å². The molecule has 1 aromatic rings. The van der Waals surface area contributed by atoms with Crippen molar-refractivity contribution in [1.82, 2.24) is 9.78 Å². The van der Waals surface area contributed by atoms with Gasteiger partial charge in [-0.25, -0.2) is 0 Å². The zero-order valence-corrected chi connectivity index (χ0v) is 10.8. The average molecular weight is 221 g/mol. The number of aromatic nitrogens is 2. The van der Waals surface area contributed by atoms with Crippen molar-refractivity contribution in [1.29, 1.82) is 0 Å². The first-order valence-corrected chi connectivity index (χ1v) is 6.20. The molecule has 2 N–H and O–H groups in total. The van der Waals surface area contributed by atoms with Gasteiger partial charge in [0.25, 0.3) is 0 Å². The molecule has 0 aromatic carbocycles. The zero-order valence-electron chi connectivity index (χ0n) is 10.8. The Labute approximate surface area is 98.0 Å². The summed E-state index contributed by atoms with van der Waals surface area (Å²) in [4.78, 5) is 0. The Morgan fingerprint density at radius 3 is 2.69 bits per heavy atom. The third-order valence-corrected chi connectivity index (χ3v) is 3.91. The maximum absolute atomic E-state index is 5.83. The van der Waals surface area contributed by atoms with Crippen molar-refractivity contribution in [2.75, 3.05) is 6.54 Å². The van der Waals surface area contributed by atoms with Crippen LogP contribution in [0.25, 0.3) is 0 Å². The second-order valence-electron chi connectivity index (χ2n) is 5.97. The maximum atomic E-state index is 5.83. The lowest BCUT2D eigenvalue weighted by Gasteiger charge is -2.10. The Hall–Kier alpha value is -0.830. The molecule has 1 aliphatic carbocycles. The van der Waals surface area contributed by atoms with E-state index in [9.17, 15) is 0 Å². The van der Waals surface area contributed by atoms with Gasteiger partial charge in [-0.05, 0) is 29.9 Å². The van der Waals surface area contributed by atoms with Gasteiger partial charge in [-0.15, -0.1) is 0 Å². The molecule has 2 atom stereocenters. The number of nitrogens with zero attached hydrogens (tertiary/aromatic N) is 2. The molecule has 3 nitrogen and oxygen atoms in total. The predicted octanol–water partition coefficient (Wildman–Crippen LogP) is 2.24. The second-order valence-corrected chi connectivity index (χ2v) is 5.97. The first kappa shape index (κ1) is 11.6. The van der Waals surface area contributed by atoms with Crippen LogP contribution in [-0.2, 0) is 6.54 Å². The summed E-state index contributed by atoms with van der Waals surface area (Å²) in [5.41, 5.74) is 7.55. The molecule has 1 heterocycles. The highest BCUT2D eigenvalue weighted by atomic mass is 15.3. The van der Waals surface area contributed by atoms with Crippen molar-refractivity contribution < 1.29 is 0 Å². The van der Waals surface area contributed by atoms with Gasteiger partial charge in [0, 0.05) is 24.4 Å². The Bertz CT molecular complexity index is 365. The van der Waals surface area contributed by atoms with Crippen LogP contribution in [0.3, 0.4) is 0 Å². The van der Waals surface area contributed by atoms with Gasteiger partial charge in [-0.3, -0.25) is 4.68 Å². The van der Waals surface area contributed by atoms with Crippen LogP contribution in [0.5, 0.6) is 0 Å². The topological polar surface area (TPSA) is 43.8 Å². The molecule has 0 radical (unpaired) electrons. The molecule has 0 amide bonds. The lowest BCUT2D eigenvalue weighted by molar-refractivity contribution is 0.461. The Morgan fingerprint density at radius 2 is 2.19 bits per heavy atom. The maximum Gasteiger partial charge on any atom is 0.0492 e. The minimum Gasteiger partial charge on any atom is -0.330 e. The monoisotopic (exact) mass is 221 g/mol. The van der Waals surface area contributed by atoms with Crippen molar-refractivity contribution in [3.8, 4) is 0 Å². The number of hydrogen-bond donors (Lipinski definition) is 1. The standard InChI is InChI=1S/C13H23N3/c1-9(2)8-16-11(5-6-15-16)12-10(7-14)13(12,3)4/h5-6,9-10,12H,7-8,14H2,1-4H3/t10-,12+/m1/s1. The van der Waals surface area contributed by atoms with Crippen molar-refractivity contribution in [3.05, 3.63) is 18.0 Å². The second kappa shape index (κ2) is 3.88. The molecule has 1 aromatic heterocycles. The minimum atomic E-state index is 0.351. The molecular formula is C13H23N3. The minimum absolute atomic E-state index is 0.351. The van der Waals surface area contributed by atoms with E-state index >= 15 is 0 Å². The number of nitrogens with two attached hydrogens (primary N) is 1. The molecular weight excluding hydrogens is 198 g/mol. The van der Waals surface area contributed by atoms with Crippen molar-refractivity contribution in [2.45, 2.75) is 40.2 Å². The molecule has 90 valence electrons. The average Bonchev–Trinajstić information content (AvgIpc) is 2.55. The molecule has 0 bridgehead atoms. The third kappa shape index (κ3) is 1.77. The molecule has 0 saturated heterocycles. The summed E-state index contributed by atoms with van der Waals surface area (Å²) < 4.78 is 2.16. The first-order valence-electron chi connectivity index (χ1n) is 6.20. The molecule has 16 heavy (non-hydrogen) atoms. The predicted molar refractivity (Wildman–Crippen MR) is 66.1 cm³/mol. The molecule has 2 rings (SSSR count). The first-order chi connectivity index (χ1) is 7.48. The van der Waals surface area contributed by atoms with Crippen molar-refractivity contribution in [3.63, 3.8) is 0 Å². The summed E-state index contributed by atoms with van der Waals surface area (Å²) in [6.45, 7) is 10.9. The normalized spacial score (nSPS) is 27.4. The molecule has 3 heteroatoms. The van der Waals surface area contributed by atoms with Gasteiger partial charge in [0.05, 0.1) is 0 Å². The summed E-state index contributed by atoms with van der Waals surface area (Å²) >= 11 is 0. The van der Waals surface area contributed by atoms with Crippen LogP contribution < -0.4 is 5.73 Å². The van der Waals surface area contributed by atoms with Gasteiger partial charge in [0.2, 0.25) is 0 Å². The highest BCUT2D eigenvalue weighted by Gasteiger charge is 2.58. The zero-order chi connectivity index (χ0) is 11.9. The summed E-state index contributed by atoms with van der Waals surface area (Å²) in [5, 5.41) is 4.43. The highest BCUT2D eigenvalue weighted by Crippen LogP contribution is 2.63. The van der Waals surface area contributed by atoms with E-state index < -0.39 is 0 Å². The van der Waals surface area contributed by atoms with E-state index in [1.165, 1.54) is 5.69 Å². The van der Waals surface area contributed by atoms with E-state index in [0.29, 0.717) is 23.2 Å². The van der Waals surface area contributed by atoms with Crippen LogP contribution in [0.1, 0.15) is 39.3 Å². The van der Waals surface area contributed by atoms with E-state index in [1.54, 1.807) is 0 Å². The molecule has 1 fully saturated rings. The summed E-state index contributed by atoms with van der Waals surface area (Å²) in [6.07, 6.45) is 1.92. The van der Waals surface area contributed by atoms with E-state index in [2.05, 4.69) is 43.5 Å². The van der Waals surface area contributed by atoms with Gasteiger partial charge in [-0.2, -0.15) is 5.10 Å². The van der Waals surface area contributed by atoms with E-state index in [0.717, 1.165) is 13.1 Å². The fraction of sp³-hybridized carbons (Fsp3) is 0.769. The van der Waals surface area contributed by atoms with Gasteiger partial charge in [0.15, 0.2) is 0 Å². The van der Waals surface area contributed by atoms with Gasteiger partial charge >= 0.3 is 0 Å². The van der Waals surface area contributed by atoms with E-state index in [-0.39, 0.29) is 0 Å². The SMILES string of the molecule is CC(C)Cn1nccc1[C@@H]1[C@@H](CN)C1(C)C. The van der Waals surface area contributed by atoms with Crippen LogP contribution in [0.4, 0.5) is 0 Å². The Balaban J connectivity index is 2.20. The fourth-order valence-electron chi connectivity index (χ4n) is 2.88. The Morgan fingerprint density at radius 1 is 1.50 bits per heavy atom. The molecule has 0 unspecified atom stereocenters. The summed E-state index contributed by atoms with van der Waals surface area (Å²) in [7, 11) is 0. The lowest BCUT2D eigenvalue weighted by Crippen LogP contribution is -2.10. The van der Waals surface area contributed by atoms with Gasteiger partial charge in [-0.1, -0.05) is 27.7 Å². The fourth-order valence-corrected chi connectivity index (χ4v) is 2.88. The number of hydrogen-bond acceptors (Lipinski definition) is 2. The summed E-state index contributed by atoms with van der Waals surface area (Å²) in [5.74, 6) is 1.85. The quantitative estimate of drug-likeness (QED) is 0.847. The van der Waals surface area contributed by atoms with E-state index in [4.69, 9.17) is 5.73 Å². The van der Waals surface area contributed by atoms with Crippen LogP contribution in [-0.4, -0.2) is 16.3 Å². The van der Waals surface area contributed by atoms with Crippen LogP contribution in [0, 0.1) is 17.3 Å². The van der Waals surface area contributed by atoms with Crippen LogP contribution >= 0.6 is 0 Å². The van der Waals surface area contributed by atoms with Gasteiger partial charge in [0.1, 0.15) is 0 Å². The van der Waals surface area contributed by atoms with Gasteiger partial charge < -0.3 is 5.73 Å². The Kier molecular flexibility index (Phi) is 2.82. The number of rotatable bonds is 4. The van der Waals surface area contributed by atoms with Crippen molar-refractivity contribution in [2.24, 2.45) is 23.0 Å². The third-order valence-electron chi connectivity index (χ3n) is 3.91.